The van der Waals surface area contributed by atoms with Crippen molar-refractivity contribution in [2.75, 3.05) is 0 Å². The summed E-state index contributed by atoms with van der Waals surface area (Å²) in [5.74, 6) is -0.227. The third-order valence-corrected chi connectivity index (χ3v) is 1.90. The number of rotatable bonds is 3. The molecule has 0 atom stereocenters. The number of ether oxygens (including phenoxy) is 3. The monoisotopic (exact) mass is 282 g/mol. The Morgan fingerprint density at radius 3 is 2.35 bits per heavy atom. The second-order valence-corrected chi connectivity index (χ2v) is 4.75. The van der Waals surface area contributed by atoms with E-state index in [9.17, 15) is 14.4 Å². The van der Waals surface area contributed by atoms with Gasteiger partial charge in [-0.2, -0.15) is 0 Å². The van der Waals surface area contributed by atoms with Gasteiger partial charge in [0.05, 0.1) is 5.56 Å². The molecule has 0 spiro atoms. The predicted octanol–water partition coefficient (Wildman–Crippen LogP) is 2.87. The van der Waals surface area contributed by atoms with Gasteiger partial charge in [-0.3, -0.25) is 4.79 Å². The highest BCUT2D eigenvalue weighted by molar-refractivity contribution is 5.82. The van der Waals surface area contributed by atoms with Gasteiger partial charge in [0.1, 0.15) is 17.1 Å². The topological polar surface area (TPSA) is 99.1 Å². The zero-order valence-corrected chi connectivity index (χ0v) is 11.2. The Morgan fingerprint density at radius 2 is 1.85 bits per heavy atom. The number of carboxylic acid groups (broad SMARTS) is 1. The van der Waals surface area contributed by atoms with Crippen molar-refractivity contribution in [2.24, 2.45) is 0 Å². The van der Waals surface area contributed by atoms with Gasteiger partial charge in [0.15, 0.2) is 6.29 Å². The van der Waals surface area contributed by atoms with E-state index in [-0.39, 0.29) is 17.1 Å². The van der Waals surface area contributed by atoms with Crippen LogP contribution >= 0.6 is 0 Å². The van der Waals surface area contributed by atoms with Crippen molar-refractivity contribution in [1.82, 2.24) is 0 Å². The molecule has 20 heavy (non-hydrogen) atoms. The van der Waals surface area contributed by atoms with Gasteiger partial charge < -0.3 is 19.3 Å². The zero-order valence-electron chi connectivity index (χ0n) is 11.2. The molecular formula is C13H14O7. The first-order valence-electron chi connectivity index (χ1n) is 5.62. The molecular weight excluding hydrogens is 268 g/mol. The van der Waals surface area contributed by atoms with Gasteiger partial charge in [-0.05, 0) is 32.9 Å². The molecule has 1 aromatic carbocycles. The quantitative estimate of drug-likeness (QED) is 0.517. The average molecular weight is 282 g/mol. The van der Waals surface area contributed by atoms with Crippen LogP contribution < -0.4 is 9.47 Å². The van der Waals surface area contributed by atoms with Crippen molar-refractivity contribution in [3.05, 3.63) is 23.8 Å². The molecule has 0 aliphatic heterocycles. The first-order valence-corrected chi connectivity index (χ1v) is 5.62. The maximum atomic E-state index is 11.5. The highest BCUT2D eigenvalue weighted by Gasteiger charge is 2.19. The Hall–Kier alpha value is -2.57. The van der Waals surface area contributed by atoms with Gasteiger partial charge in [0, 0.05) is 6.07 Å². The molecule has 0 fully saturated rings. The van der Waals surface area contributed by atoms with Crippen molar-refractivity contribution < 1.29 is 33.7 Å². The molecule has 0 saturated carbocycles. The lowest BCUT2D eigenvalue weighted by Gasteiger charge is -2.19. The molecule has 1 aromatic rings. The third kappa shape index (κ3) is 4.97. The fourth-order valence-corrected chi connectivity index (χ4v) is 1.23. The average Bonchev–Trinajstić information content (AvgIpc) is 2.25. The summed E-state index contributed by atoms with van der Waals surface area (Å²) in [7, 11) is 0. The molecule has 1 N–H and O–H groups in total. The highest BCUT2D eigenvalue weighted by atomic mass is 16.7. The molecule has 108 valence electrons. The van der Waals surface area contributed by atoms with Crippen LogP contribution in [0, 0.1) is 0 Å². The molecule has 0 aliphatic carbocycles. The van der Waals surface area contributed by atoms with Crippen LogP contribution in [-0.2, 0) is 4.74 Å². The van der Waals surface area contributed by atoms with E-state index in [1.807, 2.05) is 0 Å². The number of hydrogen-bond donors (Lipinski definition) is 1. The van der Waals surface area contributed by atoms with E-state index in [1.165, 1.54) is 12.1 Å². The summed E-state index contributed by atoms with van der Waals surface area (Å²) in [5, 5.41) is 8.49. The smallest absolute Gasteiger partial charge is 0.449 e. The van der Waals surface area contributed by atoms with E-state index in [1.54, 1.807) is 20.8 Å². The van der Waals surface area contributed by atoms with Crippen LogP contribution in [0.1, 0.15) is 31.1 Å². The van der Waals surface area contributed by atoms with E-state index in [0.717, 1.165) is 6.07 Å². The Balaban J connectivity index is 2.93. The highest BCUT2D eigenvalue weighted by Crippen LogP contribution is 2.25. The fourth-order valence-electron chi connectivity index (χ4n) is 1.23. The normalized spacial score (nSPS) is 10.6. The van der Waals surface area contributed by atoms with Gasteiger partial charge in [-0.1, -0.05) is 0 Å². The van der Waals surface area contributed by atoms with Gasteiger partial charge >= 0.3 is 12.3 Å². The molecule has 7 heteroatoms. The first kappa shape index (κ1) is 15.5. The summed E-state index contributed by atoms with van der Waals surface area (Å²) in [5.41, 5.74) is -0.693. The van der Waals surface area contributed by atoms with Crippen LogP contribution in [0.2, 0.25) is 0 Å². The number of benzene rings is 1. The van der Waals surface area contributed by atoms with E-state index in [0.29, 0.717) is 6.29 Å². The first-order chi connectivity index (χ1) is 9.21. The molecule has 0 heterocycles. The number of carbonyl (C=O) groups excluding carboxylic acids is 2. The minimum Gasteiger partial charge on any atom is -0.449 e. The summed E-state index contributed by atoms with van der Waals surface area (Å²) in [6, 6.07) is 3.65. The lowest BCUT2D eigenvalue weighted by molar-refractivity contribution is 0.0205. The summed E-state index contributed by atoms with van der Waals surface area (Å²) in [4.78, 5) is 32.8. The van der Waals surface area contributed by atoms with Gasteiger partial charge in [0.2, 0.25) is 0 Å². The van der Waals surface area contributed by atoms with Gasteiger partial charge in [0.25, 0.3) is 0 Å². The Morgan fingerprint density at radius 1 is 1.20 bits per heavy atom. The standard InChI is InChI=1S/C13H14O7/c1-13(2,3)20-12(17)19-10-6-9(18-11(15)16)5-4-8(10)7-14/h4-7H,1-3H3,(H,15,16). The molecule has 0 radical (unpaired) electrons. The summed E-state index contributed by atoms with van der Waals surface area (Å²) < 4.78 is 14.2. The Kier molecular flexibility index (Phi) is 4.68. The van der Waals surface area contributed by atoms with Crippen LogP contribution in [0.15, 0.2) is 18.2 Å². The molecule has 0 amide bonds. The molecule has 1 rings (SSSR count). The largest absolute Gasteiger partial charge is 0.514 e. The second kappa shape index (κ2) is 6.05. The summed E-state index contributed by atoms with van der Waals surface area (Å²) >= 11 is 0. The van der Waals surface area contributed by atoms with Crippen LogP contribution in [0.25, 0.3) is 0 Å². The molecule has 0 saturated heterocycles. The van der Waals surface area contributed by atoms with Crippen LogP contribution in [0.5, 0.6) is 11.5 Å². The minimum absolute atomic E-state index is 0.0635. The molecule has 0 aromatic heterocycles. The third-order valence-electron chi connectivity index (χ3n) is 1.90. The molecule has 0 aliphatic rings. The minimum atomic E-state index is -1.52. The van der Waals surface area contributed by atoms with Crippen LogP contribution in [0.4, 0.5) is 9.59 Å². The number of hydrogen-bond acceptors (Lipinski definition) is 6. The Labute approximate surface area is 115 Å². The lowest BCUT2D eigenvalue weighted by Crippen LogP contribution is -2.26. The lowest BCUT2D eigenvalue weighted by atomic mass is 10.2. The van der Waals surface area contributed by atoms with E-state index < -0.39 is 17.9 Å². The van der Waals surface area contributed by atoms with Crippen LogP contribution in [-0.4, -0.2) is 29.3 Å². The van der Waals surface area contributed by atoms with E-state index in [4.69, 9.17) is 14.6 Å². The molecule has 7 nitrogen and oxygen atoms in total. The van der Waals surface area contributed by atoms with Crippen molar-refractivity contribution in [2.45, 2.75) is 26.4 Å². The van der Waals surface area contributed by atoms with Crippen molar-refractivity contribution in [3.8, 4) is 11.5 Å². The van der Waals surface area contributed by atoms with E-state index >= 15 is 0 Å². The van der Waals surface area contributed by atoms with E-state index in [2.05, 4.69) is 4.74 Å². The number of aldehydes is 1. The SMILES string of the molecule is CC(C)(C)OC(=O)Oc1cc(OC(=O)O)ccc1C=O. The van der Waals surface area contributed by atoms with Crippen molar-refractivity contribution >= 4 is 18.6 Å². The van der Waals surface area contributed by atoms with Gasteiger partial charge in [-0.25, -0.2) is 9.59 Å². The van der Waals surface area contributed by atoms with Crippen LogP contribution in [0.3, 0.4) is 0 Å². The predicted molar refractivity (Wildman–Crippen MR) is 67.3 cm³/mol. The van der Waals surface area contributed by atoms with Gasteiger partial charge in [-0.15, -0.1) is 0 Å². The zero-order chi connectivity index (χ0) is 15.3. The fraction of sp³-hybridized carbons (Fsp3) is 0.308. The number of carbonyl (C=O) groups is 3. The molecule has 0 unspecified atom stereocenters. The molecule has 0 bridgehead atoms. The Bertz CT molecular complexity index is 528. The second-order valence-electron chi connectivity index (χ2n) is 4.75. The summed E-state index contributed by atoms with van der Waals surface area (Å²) in [6.07, 6.45) is -2.07. The van der Waals surface area contributed by atoms with Crippen molar-refractivity contribution in [3.63, 3.8) is 0 Å². The summed E-state index contributed by atoms with van der Waals surface area (Å²) in [6.45, 7) is 4.95. The maximum Gasteiger partial charge on any atom is 0.514 e. The maximum absolute atomic E-state index is 11.5. The van der Waals surface area contributed by atoms with Crippen molar-refractivity contribution in [1.29, 1.82) is 0 Å².